The van der Waals surface area contributed by atoms with Crippen molar-refractivity contribution in [1.29, 1.82) is 0 Å². The Hall–Kier alpha value is -3.20. The Kier molecular flexibility index (Phi) is 6.00. The normalized spacial score (nSPS) is 19.8. The van der Waals surface area contributed by atoms with E-state index in [1.165, 1.54) is 4.90 Å². The molecule has 1 aromatic heterocycles. The first-order chi connectivity index (χ1) is 15.5. The zero-order chi connectivity index (χ0) is 23.9. The molecule has 9 heteroatoms. The molecule has 1 aliphatic heterocycles. The molecule has 174 valence electrons. The summed E-state index contributed by atoms with van der Waals surface area (Å²) in [5.41, 5.74) is 8.69. The molecule has 2 N–H and O–H groups in total. The van der Waals surface area contributed by atoms with Crippen LogP contribution in [0.25, 0.3) is 21.9 Å². The Labute approximate surface area is 190 Å². The van der Waals surface area contributed by atoms with Crippen molar-refractivity contribution >= 4 is 22.5 Å². The lowest BCUT2D eigenvalue weighted by Gasteiger charge is -2.44. The molecule has 2 aromatic carbocycles. The van der Waals surface area contributed by atoms with Crippen molar-refractivity contribution in [2.24, 2.45) is 5.73 Å². The summed E-state index contributed by atoms with van der Waals surface area (Å²) in [7, 11) is 0. The predicted molar refractivity (Wildman–Crippen MR) is 122 cm³/mol. The van der Waals surface area contributed by atoms with Crippen LogP contribution in [0.1, 0.15) is 29.8 Å². The third-order valence-electron chi connectivity index (χ3n) is 6.24. The molecule has 2 atom stereocenters. The molecular weight excluding hydrogens is 431 g/mol. The quantitative estimate of drug-likeness (QED) is 0.637. The number of carbonyl (C=O) groups excluding carboxylic acids is 1. The van der Waals surface area contributed by atoms with Crippen LogP contribution in [-0.2, 0) is 0 Å². The maximum Gasteiger partial charge on any atom is 0.401 e. The number of nitrogens with zero attached hydrogens (tertiary/aromatic N) is 4. The van der Waals surface area contributed by atoms with E-state index < -0.39 is 18.6 Å². The van der Waals surface area contributed by atoms with Crippen LogP contribution in [0.3, 0.4) is 0 Å². The molecule has 0 bridgehead atoms. The van der Waals surface area contributed by atoms with Crippen molar-refractivity contribution in [2.45, 2.75) is 39.0 Å². The highest BCUT2D eigenvalue weighted by Gasteiger charge is 2.38. The Balaban J connectivity index is 1.68. The monoisotopic (exact) mass is 457 g/mol. The molecular formula is C24H26F3N5O. The summed E-state index contributed by atoms with van der Waals surface area (Å²) in [5, 5.41) is 10.3. The molecule has 0 radical (unpaired) electrons. The van der Waals surface area contributed by atoms with Gasteiger partial charge in [0.05, 0.1) is 12.7 Å². The second-order valence-electron chi connectivity index (χ2n) is 8.76. The minimum Gasteiger partial charge on any atom is -0.366 e. The van der Waals surface area contributed by atoms with Gasteiger partial charge in [-0.25, -0.2) is 0 Å². The minimum absolute atomic E-state index is 0.155. The highest BCUT2D eigenvalue weighted by Crippen LogP contribution is 2.33. The van der Waals surface area contributed by atoms with E-state index in [4.69, 9.17) is 5.73 Å². The smallest absolute Gasteiger partial charge is 0.366 e. The molecule has 1 saturated heterocycles. The van der Waals surface area contributed by atoms with Crippen molar-refractivity contribution in [1.82, 2.24) is 15.1 Å². The van der Waals surface area contributed by atoms with Crippen LogP contribution in [0.4, 0.5) is 19.0 Å². The number of rotatable bonds is 4. The number of anilines is 1. The lowest BCUT2D eigenvalue weighted by Crippen LogP contribution is -2.58. The van der Waals surface area contributed by atoms with Gasteiger partial charge in [0, 0.05) is 41.5 Å². The van der Waals surface area contributed by atoms with Crippen LogP contribution in [-0.4, -0.2) is 58.9 Å². The number of nitrogens with two attached hydrogens (primary N) is 1. The summed E-state index contributed by atoms with van der Waals surface area (Å²) < 4.78 is 38.8. The van der Waals surface area contributed by atoms with Gasteiger partial charge < -0.3 is 10.6 Å². The van der Waals surface area contributed by atoms with Gasteiger partial charge in [0.1, 0.15) is 0 Å². The number of primary amides is 1. The van der Waals surface area contributed by atoms with E-state index in [1.54, 1.807) is 25.3 Å². The first-order valence-electron chi connectivity index (χ1n) is 10.8. The summed E-state index contributed by atoms with van der Waals surface area (Å²) >= 11 is 0. The number of aryl methyl sites for hydroxylation is 1. The fraction of sp³-hybridized carbons (Fsp3) is 0.375. The van der Waals surface area contributed by atoms with Crippen LogP contribution in [0, 0.1) is 6.92 Å². The number of amides is 1. The molecule has 0 saturated carbocycles. The van der Waals surface area contributed by atoms with Gasteiger partial charge in [-0.1, -0.05) is 12.1 Å². The second-order valence-corrected chi connectivity index (χ2v) is 8.76. The Bertz CT molecular complexity index is 1200. The van der Waals surface area contributed by atoms with Crippen LogP contribution in [0.2, 0.25) is 0 Å². The van der Waals surface area contributed by atoms with E-state index >= 15 is 0 Å². The zero-order valence-electron chi connectivity index (χ0n) is 18.7. The van der Waals surface area contributed by atoms with E-state index in [-0.39, 0.29) is 18.6 Å². The summed E-state index contributed by atoms with van der Waals surface area (Å²) in [5.74, 6) is 0.172. The van der Waals surface area contributed by atoms with E-state index in [2.05, 4.69) is 10.2 Å². The topological polar surface area (TPSA) is 75.4 Å². The van der Waals surface area contributed by atoms with E-state index in [0.717, 1.165) is 27.5 Å². The third kappa shape index (κ3) is 4.78. The van der Waals surface area contributed by atoms with Gasteiger partial charge in [-0.3, -0.25) is 9.69 Å². The zero-order valence-corrected chi connectivity index (χ0v) is 18.7. The van der Waals surface area contributed by atoms with Crippen molar-refractivity contribution in [3.63, 3.8) is 0 Å². The van der Waals surface area contributed by atoms with E-state index in [1.807, 2.05) is 43.0 Å². The number of hydrogen-bond acceptors (Lipinski definition) is 5. The fourth-order valence-corrected chi connectivity index (χ4v) is 4.48. The lowest BCUT2D eigenvalue weighted by molar-refractivity contribution is -0.152. The van der Waals surface area contributed by atoms with Crippen LogP contribution >= 0.6 is 0 Å². The Morgan fingerprint density at radius 2 is 1.88 bits per heavy atom. The average Bonchev–Trinajstić information content (AvgIpc) is 2.74. The van der Waals surface area contributed by atoms with Gasteiger partial charge in [0.25, 0.3) is 0 Å². The van der Waals surface area contributed by atoms with Crippen LogP contribution in [0.15, 0.2) is 42.6 Å². The number of halogens is 3. The fourth-order valence-electron chi connectivity index (χ4n) is 4.48. The molecule has 0 spiro atoms. The largest absolute Gasteiger partial charge is 0.401 e. The summed E-state index contributed by atoms with van der Waals surface area (Å²) in [6, 6.07) is 10.8. The molecule has 2 unspecified atom stereocenters. The van der Waals surface area contributed by atoms with Gasteiger partial charge >= 0.3 is 6.18 Å². The van der Waals surface area contributed by atoms with Gasteiger partial charge in [-0.15, -0.1) is 5.10 Å². The SMILES string of the molecule is Cc1ccc(C(N)=O)cc1-c1ccc2c(N3CC(C)N(CC(F)(F)F)CC3C)nncc2c1. The highest BCUT2D eigenvalue weighted by atomic mass is 19.4. The number of benzene rings is 2. The molecule has 33 heavy (non-hydrogen) atoms. The maximum atomic E-state index is 12.9. The molecule has 1 aliphatic rings. The number of aromatic nitrogens is 2. The molecule has 2 heterocycles. The number of carbonyl (C=O) groups is 1. The van der Waals surface area contributed by atoms with Gasteiger partial charge in [0.2, 0.25) is 5.91 Å². The first-order valence-corrected chi connectivity index (χ1v) is 10.8. The Morgan fingerprint density at radius 1 is 1.12 bits per heavy atom. The molecule has 6 nitrogen and oxygen atoms in total. The molecule has 3 aromatic rings. The lowest BCUT2D eigenvalue weighted by atomic mass is 9.96. The van der Waals surface area contributed by atoms with E-state index in [9.17, 15) is 18.0 Å². The Morgan fingerprint density at radius 3 is 2.58 bits per heavy atom. The molecule has 0 aliphatic carbocycles. The summed E-state index contributed by atoms with van der Waals surface area (Å²) in [6.07, 6.45) is -2.56. The number of fused-ring (bicyclic) bond motifs is 1. The average molecular weight is 458 g/mol. The summed E-state index contributed by atoms with van der Waals surface area (Å²) in [6.45, 7) is 5.46. The van der Waals surface area contributed by atoms with Gasteiger partial charge in [0.15, 0.2) is 5.82 Å². The van der Waals surface area contributed by atoms with Gasteiger partial charge in [-0.2, -0.15) is 18.3 Å². The third-order valence-corrected chi connectivity index (χ3v) is 6.24. The number of piperazine rings is 1. The molecule has 1 amide bonds. The number of hydrogen-bond donors (Lipinski definition) is 1. The predicted octanol–water partition coefficient (Wildman–Crippen LogP) is 4.17. The van der Waals surface area contributed by atoms with Crippen molar-refractivity contribution in [2.75, 3.05) is 24.5 Å². The molecule has 4 rings (SSSR count). The minimum atomic E-state index is -4.23. The second kappa shape index (κ2) is 8.62. The molecule has 1 fully saturated rings. The van der Waals surface area contributed by atoms with Crippen LogP contribution in [0.5, 0.6) is 0 Å². The maximum absolute atomic E-state index is 12.9. The van der Waals surface area contributed by atoms with Crippen molar-refractivity contribution < 1.29 is 18.0 Å². The standard InChI is InChI=1S/C24H26F3N5O/c1-14-4-5-18(22(28)33)9-21(14)17-6-7-20-19(8-17)10-29-30-23(20)32-12-15(2)31(11-16(32)3)13-24(25,26)27/h4-10,15-16H,11-13H2,1-3H3,(H2,28,33). The number of alkyl halides is 3. The van der Waals surface area contributed by atoms with Crippen molar-refractivity contribution in [3.05, 3.63) is 53.7 Å². The first kappa shape index (κ1) is 23.0. The highest BCUT2D eigenvalue weighted by molar-refractivity contribution is 5.97. The summed E-state index contributed by atoms with van der Waals surface area (Å²) in [4.78, 5) is 15.1. The van der Waals surface area contributed by atoms with Gasteiger partial charge in [-0.05, 0) is 61.7 Å². The van der Waals surface area contributed by atoms with Crippen LogP contribution < -0.4 is 10.6 Å². The van der Waals surface area contributed by atoms with E-state index in [0.29, 0.717) is 17.9 Å². The van der Waals surface area contributed by atoms with Crippen molar-refractivity contribution in [3.8, 4) is 11.1 Å².